The van der Waals surface area contributed by atoms with Gasteiger partial charge in [0.05, 0.1) is 68.2 Å². The van der Waals surface area contributed by atoms with Gasteiger partial charge in [0, 0.05) is 18.6 Å². The van der Waals surface area contributed by atoms with Crippen molar-refractivity contribution in [1.29, 1.82) is 0 Å². The van der Waals surface area contributed by atoms with E-state index in [4.69, 9.17) is 48.3 Å². The third-order valence-electron chi connectivity index (χ3n) is 8.99. The van der Waals surface area contributed by atoms with Crippen LogP contribution in [0, 0.1) is 40.5 Å². The minimum atomic E-state index is -0.814. The number of hydrogen-bond donors (Lipinski definition) is 6. The minimum absolute atomic E-state index is 0.0483. The van der Waals surface area contributed by atoms with Crippen molar-refractivity contribution in [2.45, 2.75) is 0 Å². The number of nitrogens with one attached hydrogen (secondary N) is 2. The standard InChI is InChI=1S/C24H22N8O8.C9H11N3O2.C6H2Cl2N2O4/c33-9-11-39-23-21(17-5-1-3-7-29(17)27-23)25-15-13-16(20(32(37)38)14-19(15)31(35)36)26-22-18-6-2-4-8-30(18)28-24(22)40-12-10-34;10-8-7-3-1-2-4-12(7)11-9(8)14-6-5-13;7-3-1-4(8)6(10(13)14)2-5(3)9(11)12/h1-8,13-14,25-26,33-34H,9-12H2;1-4,13H,5-6,10H2;1-2H. The van der Waals surface area contributed by atoms with Crippen LogP contribution in [0.15, 0.2) is 97.5 Å². The van der Waals surface area contributed by atoms with E-state index >= 15 is 0 Å². The van der Waals surface area contributed by atoms with Crippen LogP contribution in [0.4, 0.5) is 51.2 Å². The number of benzene rings is 2. The molecule has 27 nitrogen and oxygen atoms in total. The number of nitro benzene ring substituents is 4. The molecular weight excluding hydrogens is 945 g/mol. The Morgan fingerprint density at radius 1 is 0.529 bits per heavy atom. The van der Waals surface area contributed by atoms with Crippen molar-refractivity contribution in [2.75, 3.05) is 56.0 Å². The van der Waals surface area contributed by atoms with Crippen LogP contribution in [-0.4, -0.2) is 103 Å². The van der Waals surface area contributed by atoms with Crippen molar-refractivity contribution in [3.63, 3.8) is 0 Å². The molecule has 0 fully saturated rings. The van der Waals surface area contributed by atoms with Crippen LogP contribution in [0.3, 0.4) is 0 Å². The summed E-state index contributed by atoms with van der Waals surface area (Å²) in [6.07, 6.45) is 5.07. The highest BCUT2D eigenvalue weighted by Crippen LogP contribution is 2.43. The smallest absolute Gasteiger partial charge is 0.299 e. The lowest BCUT2D eigenvalue weighted by Gasteiger charge is -2.12. The van der Waals surface area contributed by atoms with Crippen LogP contribution in [0.1, 0.15) is 0 Å². The number of fused-ring (bicyclic) bond motifs is 3. The molecule has 68 heavy (non-hydrogen) atoms. The zero-order valence-electron chi connectivity index (χ0n) is 34.6. The van der Waals surface area contributed by atoms with E-state index in [9.17, 15) is 50.7 Å². The van der Waals surface area contributed by atoms with Crippen LogP contribution in [-0.2, 0) is 0 Å². The average molecular weight is 981 g/mol. The predicted octanol–water partition coefficient (Wildman–Crippen LogP) is 6.13. The second-order valence-corrected chi connectivity index (χ2v) is 14.1. The van der Waals surface area contributed by atoms with E-state index in [1.165, 1.54) is 15.1 Å². The molecule has 0 aliphatic rings. The summed E-state index contributed by atoms with van der Waals surface area (Å²) >= 11 is 10.9. The molecule has 0 spiro atoms. The summed E-state index contributed by atoms with van der Waals surface area (Å²) in [5, 5.41) is 89.9. The number of anilines is 5. The molecule has 0 radical (unpaired) electrons. The molecule has 2 aromatic carbocycles. The van der Waals surface area contributed by atoms with Gasteiger partial charge < -0.3 is 45.9 Å². The van der Waals surface area contributed by atoms with Crippen LogP contribution in [0.2, 0.25) is 10.0 Å². The van der Waals surface area contributed by atoms with E-state index in [0.29, 0.717) is 22.6 Å². The lowest BCUT2D eigenvalue weighted by Crippen LogP contribution is -2.06. The number of nitrogen functional groups attached to an aromatic ring is 1. The van der Waals surface area contributed by atoms with Gasteiger partial charge in [0.25, 0.3) is 40.4 Å². The fourth-order valence-corrected chi connectivity index (χ4v) is 6.60. The number of rotatable bonds is 17. The first-order valence-electron chi connectivity index (χ1n) is 19.3. The fourth-order valence-electron chi connectivity index (χ4n) is 6.08. The first-order chi connectivity index (χ1) is 32.7. The van der Waals surface area contributed by atoms with Gasteiger partial charge in [-0.15, -0.1) is 15.3 Å². The minimum Gasteiger partial charge on any atom is -0.473 e. The van der Waals surface area contributed by atoms with Gasteiger partial charge in [-0.25, -0.2) is 13.5 Å². The molecule has 0 saturated heterocycles. The molecule has 0 unspecified atom stereocenters. The Kier molecular flexibility index (Phi) is 15.8. The average Bonchev–Trinajstić information content (AvgIpc) is 3.96. The van der Waals surface area contributed by atoms with Crippen molar-refractivity contribution >= 4 is 90.9 Å². The molecule has 0 aliphatic heterocycles. The fraction of sp³-hybridized carbons (Fsp3) is 0.154. The topological polar surface area (TPSA) is 363 Å². The molecule has 8 aromatic rings. The summed E-state index contributed by atoms with van der Waals surface area (Å²) in [4.78, 5) is 41.6. The molecule has 6 heterocycles. The molecule has 0 bridgehead atoms. The quantitative estimate of drug-likeness (QED) is 0.0441. The third-order valence-corrected chi connectivity index (χ3v) is 9.59. The maximum absolute atomic E-state index is 12.0. The Morgan fingerprint density at radius 2 is 0.882 bits per heavy atom. The van der Waals surface area contributed by atoms with Crippen LogP contribution in [0.5, 0.6) is 17.6 Å². The molecular formula is C39H35Cl2N13O14. The Hall–Kier alpha value is -8.63. The molecule has 0 atom stereocenters. The van der Waals surface area contributed by atoms with E-state index in [-0.39, 0.29) is 84.2 Å². The summed E-state index contributed by atoms with van der Waals surface area (Å²) in [6.45, 7) is -0.599. The number of aromatic nitrogens is 6. The molecule has 8 rings (SSSR count). The van der Waals surface area contributed by atoms with Crippen LogP contribution in [0.25, 0.3) is 16.6 Å². The van der Waals surface area contributed by atoms with Gasteiger partial charge in [-0.05, 0) is 48.5 Å². The summed E-state index contributed by atoms with van der Waals surface area (Å²) in [6, 6.07) is 19.7. The van der Waals surface area contributed by atoms with Crippen LogP contribution < -0.4 is 30.6 Å². The maximum Gasteiger partial charge on any atom is 0.299 e. The zero-order valence-corrected chi connectivity index (χ0v) is 36.1. The Bertz CT molecular complexity index is 2990. The van der Waals surface area contributed by atoms with Gasteiger partial charge in [-0.3, -0.25) is 40.5 Å². The number of pyridine rings is 3. The highest BCUT2D eigenvalue weighted by atomic mass is 35.5. The van der Waals surface area contributed by atoms with Gasteiger partial charge in [0.15, 0.2) is 0 Å². The van der Waals surface area contributed by atoms with Crippen LogP contribution >= 0.6 is 23.2 Å². The van der Waals surface area contributed by atoms with E-state index in [1.807, 2.05) is 18.2 Å². The first-order valence-corrected chi connectivity index (χ1v) is 20.1. The number of nitro groups is 4. The number of nitrogens with zero attached hydrogens (tertiary/aromatic N) is 10. The lowest BCUT2D eigenvalue weighted by molar-refractivity contribution is -0.394. The van der Waals surface area contributed by atoms with E-state index < -0.39 is 42.4 Å². The highest BCUT2D eigenvalue weighted by molar-refractivity contribution is 6.37. The number of halogens is 2. The largest absolute Gasteiger partial charge is 0.473 e. The van der Waals surface area contributed by atoms with E-state index in [2.05, 4.69) is 25.9 Å². The molecule has 354 valence electrons. The highest BCUT2D eigenvalue weighted by Gasteiger charge is 2.29. The van der Waals surface area contributed by atoms with E-state index in [1.54, 1.807) is 59.5 Å². The Balaban J connectivity index is 0.000000220. The second kappa shape index (κ2) is 22.0. The SMILES string of the molecule is Nc1c(OCCO)nn2ccccc12.O=[N+]([O-])c1cc([N+](=O)[O-])c(Cl)cc1Cl.O=[N+]([O-])c1cc([N+](=O)[O-])c(Nc2c(OCCO)nn3ccccc23)cc1Nc1c(OCCO)nn2ccccc12. The van der Waals surface area contributed by atoms with Crippen molar-refractivity contribution in [1.82, 2.24) is 28.8 Å². The molecule has 29 heteroatoms. The van der Waals surface area contributed by atoms with Gasteiger partial charge >= 0.3 is 0 Å². The maximum atomic E-state index is 12.0. The Morgan fingerprint density at radius 3 is 1.26 bits per heavy atom. The molecule has 6 aromatic heterocycles. The zero-order chi connectivity index (χ0) is 49.1. The lowest BCUT2D eigenvalue weighted by atomic mass is 10.2. The van der Waals surface area contributed by atoms with Crippen molar-refractivity contribution < 1.29 is 49.2 Å². The number of aliphatic hydroxyl groups is 3. The second-order valence-electron chi connectivity index (χ2n) is 13.3. The molecule has 0 amide bonds. The van der Waals surface area contributed by atoms with Gasteiger partial charge in [0.1, 0.15) is 58.3 Å². The summed E-state index contributed by atoms with van der Waals surface area (Å²) in [5.74, 6) is 0.486. The van der Waals surface area contributed by atoms with E-state index in [0.717, 1.165) is 23.7 Å². The van der Waals surface area contributed by atoms with Crippen molar-refractivity contribution in [2.24, 2.45) is 0 Å². The van der Waals surface area contributed by atoms with Gasteiger partial charge in [-0.2, -0.15) is 0 Å². The number of aliphatic hydroxyl groups excluding tert-OH is 3. The van der Waals surface area contributed by atoms with Crippen molar-refractivity contribution in [3.8, 4) is 17.6 Å². The van der Waals surface area contributed by atoms with Gasteiger partial charge in [-0.1, -0.05) is 41.4 Å². The molecule has 0 saturated carbocycles. The monoisotopic (exact) mass is 979 g/mol. The van der Waals surface area contributed by atoms with Crippen molar-refractivity contribution in [3.05, 3.63) is 148 Å². The summed E-state index contributed by atoms with van der Waals surface area (Å²) < 4.78 is 20.8. The number of hydrogen-bond acceptors (Lipinski definition) is 20. The van der Waals surface area contributed by atoms with Gasteiger partial charge in [0.2, 0.25) is 0 Å². The number of ether oxygens (including phenoxy) is 3. The third kappa shape index (κ3) is 11.1. The Labute approximate surface area is 389 Å². The normalized spacial score (nSPS) is 10.7. The molecule has 7 N–H and O–H groups in total. The number of nitrogens with two attached hydrogens (primary N) is 1. The summed E-state index contributed by atoms with van der Waals surface area (Å²) in [5.41, 5.74) is 6.18. The first kappa shape index (κ1) is 48.8. The molecule has 0 aliphatic carbocycles. The predicted molar refractivity (Wildman–Crippen MR) is 244 cm³/mol. The summed E-state index contributed by atoms with van der Waals surface area (Å²) in [7, 11) is 0.